The highest BCUT2D eigenvalue weighted by atomic mass is 35.5. The highest BCUT2D eigenvalue weighted by molar-refractivity contribution is 7.99. The maximum Gasteiger partial charge on any atom is 0.312 e. The molecule has 0 aliphatic carbocycles. The number of halogens is 2. The average Bonchev–Trinajstić information content (AvgIpc) is 2.59. The Morgan fingerprint density at radius 2 is 1.62 bits per heavy atom. The van der Waals surface area contributed by atoms with Crippen LogP contribution in [0.25, 0.3) is 10.8 Å². The predicted octanol–water partition coefficient (Wildman–Crippen LogP) is 6.23. The summed E-state index contributed by atoms with van der Waals surface area (Å²) in [5.41, 5.74) is 0. The molecule has 0 aromatic heterocycles. The van der Waals surface area contributed by atoms with Crippen molar-refractivity contribution in [1.29, 1.82) is 0 Å². The molecule has 5 heteroatoms. The highest BCUT2D eigenvalue weighted by Crippen LogP contribution is 2.31. The van der Waals surface area contributed by atoms with Crippen LogP contribution in [0.2, 0.25) is 10.0 Å². The molecule has 0 saturated heterocycles. The normalized spacial score (nSPS) is 10.8. The Kier molecular flexibility index (Phi) is 5.67. The van der Waals surface area contributed by atoms with E-state index in [1.54, 1.807) is 23.9 Å². The molecule has 24 heavy (non-hydrogen) atoms. The molecule has 0 radical (unpaired) electrons. The summed E-state index contributed by atoms with van der Waals surface area (Å²) in [6, 6.07) is 18.6. The third-order valence-corrected chi connectivity index (χ3v) is 5.04. The van der Waals surface area contributed by atoms with Crippen molar-refractivity contribution >= 4 is 51.7 Å². The monoisotopic (exact) mass is 376 g/mol. The van der Waals surface area contributed by atoms with Crippen LogP contribution in [0.15, 0.2) is 65.6 Å². The lowest BCUT2D eigenvalue weighted by Gasteiger charge is -2.09. The summed E-state index contributed by atoms with van der Waals surface area (Å²) < 4.78 is 5.51. The fourth-order valence-electron chi connectivity index (χ4n) is 2.28. The summed E-state index contributed by atoms with van der Waals surface area (Å²) in [6.07, 6.45) is 0.324. The molecular weight excluding hydrogens is 363 g/mol. The van der Waals surface area contributed by atoms with Gasteiger partial charge >= 0.3 is 5.97 Å². The number of thioether (sulfide) groups is 1. The maximum atomic E-state index is 12.1. The molecule has 0 fully saturated rings. The third-order valence-electron chi connectivity index (χ3n) is 3.44. The largest absolute Gasteiger partial charge is 0.426 e. The smallest absolute Gasteiger partial charge is 0.312 e. The Morgan fingerprint density at radius 3 is 2.38 bits per heavy atom. The number of carbonyl (C=O) groups is 1. The van der Waals surface area contributed by atoms with Gasteiger partial charge in [-0.05, 0) is 36.4 Å². The first-order chi connectivity index (χ1) is 11.6. The molecule has 0 amide bonds. The summed E-state index contributed by atoms with van der Waals surface area (Å²) in [5.74, 6) is 0.923. The van der Waals surface area contributed by atoms with Crippen LogP contribution in [0.4, 0.5) is 0 Å². The van der Waals surface area contributed by atoms with Crippen molar-refractivity contribution in [2.75, 3.05) is 5.75 Å². The van der Waals surface area contributed by atoms with Crippen LogP contribution in [0.3, 0.4) is 0 Å². The van der Waals surface area contributed by atoms with Crippen LogP contribution >= 0.6 is 35.0 Å². The molecule has 0 N–H and O–H groups in total. The number of benzene rings is 3. The number of ether oxygens (including phenoxy) is 1. The second-order valence-corrected chi connectivity index (χ2v) is 7.13. The van der Waals surface area contributed by atoms with Crippen LogP contribution in [0, 0.1) is 0 Å². The van der Waals surface area contributed by atoms with E-state index < -0.39 is 0 Å². The molecule has 2 nitrogen and oxygen atoms in total. The van der Waals surface area contributed by atoms with E-state index in [-0.39, 0.29) is 5.97 Å². The van der Waals surface area contributed by atoms with Crippen molar-refractivity contribution in [2.45, 2.75) is 11.3 Å². The second kappa shape index (κ2) is 7.93. The van der Waals surface area contributed by atoms with Gasteiger partial charge in [0.25, 0.3) is 0 Å². The summed E-state index contributed by atoms with van der Waals surface area (Å²) >= 11 is 13.6. The zero-order chi connectivity index (χ0) is 16.9. The Balaban J connectivity index is 1.61. The molecule has 0 aliphatic heterocycles. The van der Waals surface area contributed by atoms with Crippen LogP contribution < -0.4 is 4.74 Å². The topological polar surface area (TPSA) is 26.3 Å². The Labute approximate surface area is 154 Å². The number of hydrogen-bond acceptors (Lipinski definition) is 3. The van der Waals surface area contributed by atoms with Gasteiger partial charge in [0.15, 0.2) is 0 Å². The molecule has 0 bridgehead atoms. The SMILES string of the molecule is O=C(CCSc1ccc(Cl)cc1)Oc1ccc(Cl)c2ccccc12. The summed E-state index contributed by atoms with van der Waals surface area (Å²) in [5, 5.41) is 3.06. The molecule has 0 aliphatic rings. The minimum atomic E-state index is -0.260. The van der Waals surface area contributed by atoms with E-state index >= 15 is 0 Å². The third kappa shape index (κ3) is 4.23. The van der Waals surface area contributed by atoms with E-state index in [1.807, 2.05) is 48.5 Å². The van der Waals surface area contributed by atoms with Crippen LogP contribution in [-0.2, 0) is 4.79 Å². The Hall–Kier alpha value is -1.68. The molecule has 0 atom stereocenters. The lowest BCUT2D eigenvalue weighted by molar-refractivity contribution is -0.133. The van der Waals surface area contributed by atoms with E-state index in [0.29, 0.717) is 28.0 Å². The van der Waals surface area contributed by atoms with E-state index in [2.05, 4.69) is 0 Å². The van der Waals surface area contributed by atoms with Crippen molar-refractivity contribution in [2.24, 2.45) is 0 Å². The second-order valence-electron chi connectivity index (χ2n) is 5.12. The zero-order valence-corrected chi connectivity index (χ0v) is 15.0. The lowest BCUT2D eigenvalue weighted by atomic mass is 10.1. The van der Waals surface area contributed by atoms with E-state index in [0.717, 1.165) is 15.7 Å². The van der Waals surface area contributed by atoms with Gasteiger partial charge in [0.05, 0.1) is 6.42 Å². The van der Waals surface area contributed by atoms with Gasteiger partial charge in [-0.1, -0.05) is 47.5 Å². The van der Waals surface area contributed by atoms with Gasteiger partial charge in [0.1, 0.15) is 5.75 Å². The van der Waals surface area contributed by atoms with E-state index in [9.17, 15) is 4.79 Å². The van der Waals surface area contributed by atoms with E-state index in [1.165, 1.54) is 0 Å². The molecule has 0 unspecified atom stereocenters. The number of esters is 1. The fourth-order valence-corrected chi connectivity index (χ4v) is 3.47. The highest BCUT2D eigenvalue weighted by Gasteiger charge is 2.10. The fraction of sp³-hybridized carbons (Fsp3) is 0.105. The molecule has 0 spiro atoms. The standard InChI is InChI=1S/C19H14Cl2O2S/c20-13-5-7-14(8-6-13)24-12-11-19(22)23-18-10-9-17(21)15-3-1-2-4-16(15)18/h1-10H,11-12H2. The molecule has 3 aromatic carbocycles. The van der Waals surface area contributed by atoms with Gasteiger partial charge in [-0.15, -0.1) is 11.8 Å². The Morgan fingerprint density at radius 1 is 0.917 bits per heavy atom. The molecule has 0 saturated carbocycles. The van der Waals surface area contributed by atoms with Crippen molar-refractivity contribution < 1.29 is 9.53 Å². The number of rotatable bonds is 5. The minimum absolute atomic E-state index is 0.260. The number of hydrogen-bond donors (Lipinski definition) is 0. The first kappa shape index (κ1) is 17.2. The van der Waals surface area contributed by atoms with Gasteiger partial charge in [-0.25, -0.2) is 0 Å². The van der Waals surface area contributed by atoms with E-state index in [4.69, 9.17) is 27.9 Å². The van der Waals surface area contributed by atoms with Crippen molar-refractivity contribution in [3.63, 3.8) is 0 Å². The minimum Gasteiger partial charge on any atom is -0.426 e. The van der Waals surface area contributed by atoms with Gasteiger partial charge in [-0.2, -0.15) is 0 Å². The van der Waals surface area contributed by atoms with Gasteiger partial charge in [0, 0.05) is 31.5 Å². The van der Waals surface area contributed by atoms with Crippen LogP contribution in [0.1, 0.15) is 6.42 Å². The van der Waals surface area contributed by atoms with Crippen molar-refractivity contribution in [1.82, 2.24) is 0 Å². The molecular formula is C19H14Cl2O2S. The summed E-state index contributed by atoms with van der Waals surface area (Å²) in [7, 11) is 0. The molecule has 3 aromatic rings. The van der Waals surface area contributed by atoms with Gasteiger partial charge in [-0.3, -0.25) is 4.79 Å². The average molecular weight is 377 g/mol. The van der Waals surface area contributed by atoms with Crippen molar-refractivity contribution in [3.8, 4) is 5.75 Å². The summed E-state index contributed by atoms with van der Waals surface area (Å²) in [4.78, 5) is 13.2. The quantitative estimate of drug-likeness (QED) is 0.299. The first-order valence-corrected chi connectivity index (χ1v) is 9.14. The van der Waals surface area contributed by atoms with Crippen LogP contribution in [0.5, 0.6) is 5.75 Å². The van der Waals surface area contributed by atoms with Crippen LogP contribution in [-0.4, -0.2) is 11.7 Å². The summed E-state index contributed by atoms with van der Waals surface area (Å²) in [6.45, 7) is 0. The maximum absolute atomic E-state index is 12.1. The lowest BCUT2D eigenvalue weighted by Crippen LogP contribution is -2.09. The van der Waals surface area contributed by atoms with Crippen molar-refractivity contribution in [3.05, 3.63) is 70.7 Å². The molecule has 3 rings (SSSR count). The predicted molar refractivity (Wildman–Crippen MR) is 101 cm³/mol. The Bertz CT molecular complexity index is 863. The van der Waals surface area contributed by atoms with Gasteiger partial charge in [0.2, 0.25) is 0 Å². The van der Waals surface area contributed by atoms with Gasteiger partial charge < -0.3 is 4.74 Å². The first-order valence-electron chi connectivity index (χ1n) is 7.40. The number of carbonyl (C=O) groups excluding carboxylic acids is 1. The number of fused-ring (bicyclic) bond motifs is 1. The molecule has 0 heterocycles. The molecule has 122 valence electrons. The zero-order valence-electron chi connectivity index (χ0n) is 12.7.